The van der Waals surface area contributed by atoms with Gasteiger partial charge in [0.25, 0.3) is 5.91 Å². The van der Waals surface area contributed by atoms with Crippen LogP contribution in [0.4, 0.5) is 16.2 Å². The van der Waals surface area contributed by atoms with E-state index < -0.39 is 5.60 Å². The van der Waals surface area contributed by atoms with Crippen LogP contribution in [0.5, 0.6) is 0 Å². The molecule has 0 aliphatic carbocycles. The number of benzene rings is 2. The minimum absolute atomic E-state index is 0.138. The molecule has 2 aromatic rings. The van der Waals surface area contributed by atoms with Crippen molar-refractivity contribution in [2.24, 2.45) is 0 Å². The van der Waals surface area contributed by atoms with E-state index in [1.807, 2.05) is 58.0 Å². The number of carbonyl (C=O) groups is 2. The average Bonchev–Trinajstić information content (AvgIpc) is 2.67. The molecule has 1 fully saturated rings. The summed E-state index contributed by atoms with van der Waals surface area (Å²) in [6, 6.07) is 13.2. The lowest BCUT2D eigenvalue weighted by molar-refractivity contribution is 0.0240. The summed E-state index contributed by atoms with van der Waals surface area (Å²) in [6.45, 7) is 10.4. The third-order valence-corrected chi connectivity index (χ3v) is 5.36. The summed E-state index contributed by atoms with van der Waals surface area (Å²) < 4.78 is 6.40. The lowest BCUT2D eigenvalue weighted by atomic mass is 10.1. The Morgan fingerprint density at radius 3 is 2.20 bits per heavy atom. The van der Waals surface area contributed by atoms with Crippen molar-refractivity contribution < 1.29 is 14.3 Å². The van der Waals surface area contributed by atoms with Gasteiger partial charge in [0, 0.05) is 47.6 Å². The zero-order valence-electron chi connectivity index (χ0n) is 17.9. The van der Waals surface area contributed by atoms with Gasteiger partial charge in [-0.05, 0) is 75.7 Å². The first-order valence-electron chi connectivity index (χ1n) is 10.0. The zero-order chi connectivity index (χ0) is 21.9. The molecule has 30 heavy (non-hydrogen) atoms. The Bertz CT molecular complexity index is 914. The Morgan fingerprint density at radius 2 is 1.63 bits per heavy atom. The summed E-state index contributed by atoms with van der Waals surface area (Å²) in [5.41, 5.74) is 3.07. The number of hydrogen-bond donors (Lipinski definition) is 1. The third-order valence-electron chi connectivity index (χ3n) is 4.83. The number of piperazine rings is 1. The summed E-state index contributed by atoms with van der Waals surface area (Å²) in [6.07, 6.45) is -0.259. The molecule has 2 aromatic carbocycles. The Hall–Kier alpha value is -2.54. The maximum absolute atomic E-state index is 12.4. The highest BCUT2D eigenvalue weighted by atomic mass is 79.9. The van der Waals surface area contributed by atoms with Crippen molar-refractivity contribution >= 4 is 39.3 Å². The zero-order valence-corrected chi connectivity index (χ0v) is 19.5. The van der Waals surface area contributed by atoms with Crippen LogP contribution in [0.3, 0.4) is 0 Å². The van der Waals surface area contributed by atoms with Crippen molar-refractivity contribution in [1.82, 2.24) is 4.90 Å². The van der Waals surface area contributed by atoms with Gasteiger partial charge in [0.1, 0.15) is 5.60 Å². The number of amides is 2. The van der Waals surface area contributed by atoms with Crippen LogP contribution in [-0.2, 0) is 4.74 Å². The van der Waals surface area contributed by atoms with E-state index in [2.05, 4.69) is 26.1 Å². The Labute approximate surface area is 186 Å². The number of hydrogen-bond acceptors (Lipinski definition) is 4. The largest absolute Gasteiger partial charge is 0.444 e. The highest BCUT2D eigenvalue weighted by Gasteiger charge is 2.26. The number of ether oxygens (including phenoxy) is 1. The van der Waals surface area contributed by atoms with E-state index in [9.17, 15) is 9.59 Å². The molecule has 7 heteroatoms. The lowest BCUT2D eigenvalue weighted by Crippen LogP contribution is -2.50. The van der Waals surface area contributed by atoms with Crippen LogP contribution in [-0.4, -0.2) is 48.7 Å². The minimum Gasteiger partial charge on any atom is -0.444 e. The van der Waals surface area contributed by atoms with Gasteiger partial charge in [-0.1, -0.05) is 15.9 Å². The summed E-state index contributed by atoms with van der Waals surface area (Å²) in [4.78, 5) is 28.7. The van der Waals surface area contributed by atoms with Crippen molar-refractivity contribution in [1.29, 1.82) is 0 Å². The van der Waals surface area contributed by atoms with Crippen molar-refractivity contribution in [3.63, 3.8) is 0 Å². The Kier molecular flexibility index (Phi) is 6.71. The summed E-state index contributed by atoms with van der Waals surface area (Å²) in [7, 11) is 0. The van der Waals surface area contributed by atoms with E-state index >= 15 is 0 Å². The van der Waals surface area contributed by atoms with Crippen LogP contribution in [0.25, 0.3) is 0 Å². The second kappa shape index (κ2) is 9.08. The second-order valence-electron chi connectivity index (χ2n) is 8.42. The topological polar surface area (TPSA) is 61.9 Å². The first-order chi connectivity index (χ1) is 14.1. The molecular weight excluding hydrogens is 446 g/mol. The normalized spacial score (nSPS) is 14.4. The van der Waals surface area contributed by atoms with E-state index in [0.29, 0.717) is 18.7 Å². The SMILES string of the molecule is Cc1cc(NC(=O)c2ccc(Br)cc2)ccc1N1CCN(C(=O)OC(C)(C)C)CC1. The number of rotatable bonds is 3. The predicted molar refractivity (Wildman–Crippen MR) is 123 cm³/mol. The molecule has 2 amide bonds. The second-order valence-corrected chi connectivity index (χ2v) is 9.33. The molecule has 1 aliphatic rings. The molecule has 1 aliphatic heterocycles. The smallest absolute Gasteiger partial charge is 0.410 e. The number of nitrogens with zero attached hydrogens (tertiary/aromatic N) is 2. The van der Waals surface area contributed by atoms with Crippen LogP contribution >= 0.6 is 15.9 Å². The standard InChI is InChI=1S/C23H28BrN3O3/c1-16-15-19(25-21(28)17-5-7-18(24)8-6-17)9-10-20(16)26-11-13-27(14-12-26)22(29)30-23(2,3)4/h5-10,15H,11-14H2,1-4H3,(H,25,28). The minimum atomic E-state index is -0.485. The van der Waals surface area contributed by atoms with E-state index in [4.69, 9.17) is 4.74 Å². The molecule has 0 bridgehead atoms. The maximum atomic E-state index is 12.4. The predicted octanol–water partition coefficient (Wildman–Crippen LogP) is 5.07. The lowest BCUT2D eigenvalue weighted by Gasteiger charge is -2.37. The highest BCUT2D eigenvalue weighted by Crippen LogP contribution is 2.25. The molecule has 1 heterocycles. The van der Waals surface area contributed by atoms with E-state index in [1.54, 1.807) is 17.0 Å². The number of nitrogens with one attached hydrogen (secondary N) is 1. The fourth-order valence-corrected chi connectivity index (χ4v) is 3.61. The van der Waals surface area contributed by atoms with E-state index in [-0.39, 0.29) is 12.0 Å². The van der Waals surface area contributed by atoms with E-state index in [1.165, 1.54) is 0 Å². The molecule has 0 atom stereocenters. The Morgan fingerprint density at radius 1 is 1.00 bits per heavy atom. The third kappa shape index (κ3) is 5.75. The van der Waals surface area contributed by atoms with Crippen molar-refractivity contribution in [2.45, 2.75) is 33.3 Å². The van der Waals surface area contributed by atoms with Gasteiger partial charge >= 0.3 is 6.09 Å². The Balaban J connectivity index is 1.60. The molecular formula is C23H28BrN3O3. The van der Waals surface area contributed by atoms with Gasteiger partial charge in [-0.2, -0.15) is 0 Å². The monoisotopic (exact) mass is 473 g/mol. The maximum Gasteiger partial charge on any atom is 0.410 e. The van der Waals surface area contributed by atoms with Gasteiger partial charge in [-0.3, -0.25) is 4.79 Å². The van der Waals surface area contributed by atoms with Crippen LogP contribution in [0, 0.1) is 6.92 Å². The molecule has 0 spiro atoms. The van der Waals surface area contributed by atoms with Crippen LogP contribution in [0.1, 0.15) is 36.7 Å². The van der Waals surface area contributed by atoms with Gasteiger partial charge in [0.15, 0.2) is 0 Å². The van der Waals surface area contributed by atoms with Crippen molar-refractivity contribution in [2.75, 3.05) is 36.4 Å². The first kappa shape index (κ1) is 22.2. The molecule has 0 radical (unpaired) electrons. The molecule has 0 unspecified atom stereocenters. The van der Waals surface area contributed by atoms with Gasteiger partial charge in [-0.25, -0.2) is 4.79 Å². The fourth-order valence-electron chi connectivity index (χ4n) is 3.35. The number of carbonyl (C=O) groups excluding carboxylic acids is 2. The van der Waals surface area contributed by atoms with Crippen LogP contribution in [0.15, 0.2) is 46.9 Å². The number of anilines is 2. The molecule has 6 nitrogen and oxygen atoms in total. The van der Waals surface area contributed by atoms with Gasteiger partial charge in [-0.15, -0.1) is 0 Å². The molecule has 1 N–H and O–H groups in total. The van der Waals surface area contributed by atoms with Gasteiger partial charge in [0.2, 0.25) is 0 Å². The highest BCUT2D eigenvalue weighted by molar-refractivity contribution is 9.10. The van der Waals surface area contributed by atoms with Gasteiger partial charge in [0.05, 0.1) is 0 Å². The molecule has 1 saturated heterocycles. The average molecular weight is 474 g/mol. The van der Waals surface area contributed by atoms with Crippen molar-refractivity contribution in [3.8, 4) is 0 Å². The number of aryl methyl sites for hydroxylation is 1. The van der Waals surface area contributed by atoms with Crippen LogP contribution < -0.4 is 10.2 Å². The van der Waals surface area contributed by atoms with E-state index in [0.717, 1.165) is 34.5 Å². The molecule has 3 rings (SSSR count). The van der Waals surface area contributed by atoms with Gasteiger partial charge < -0.3 is 19.9 Å². The van der Waals surface area contributed by atoms with Crippen LogP contribution in [0.2, 0.25) is 0 Å². The van der Waals surface area contributed by atoms with Crippen molar-refractivity contribution in [3.05, 3.63) is 58.1 Å². The summed E-state index contributed by atoms with van der Waals surface area (Å²) in [5.74, 6) is -0.138. The quantitative estimate of drug-likeness (QED) is 0.675. The summed E-state index contributed by atoms with van der Waals surface area (Å²) in [5, 5.41) is 2.95. The molecule has 160 valence electrons. The molecule has 0 saturated carbocycles. The number of halogens is 1. The summed E-state index contributed by atoms with van der Waals surface area (Å²) >= 11 is 3.38. The molecule has 0 aromatic heterocycles. The first-order valence-corrected chi connectivity index (χ1v) is 10.8. The fraction of sp³-hybridized carbons (Fsp3) is 0.391.